The molecule has 2 unspecified atom stereocenters. The van der Waals surface area contributed by atoms with Crippen molar-refractivity contribution in [3.8, 4) is 23.0 Å². The molecule has 58 heavy (non-hydrogen) atoms. The molecule has 4 aromatic rings. The van der Waals surface area contributed by atoms with Crippen molar-refractivity contribution in [3.05, 3.63) is 113 Å². The molecule has 0 bridgehead atoms. The fourth-order valence-electron chi connectivity index (χ4n) is 5.33. The molecule has 1 aliphatic rings. The molecule has 0 radical (unpaired) electrons. The predicted molar refractivity (Wildman–Crippen MR) is 217 cm³/mol. The summed E-state index contributed by atoms with van der Waals surface area (Å²) in [6.07, 6.45) is -5.86. The van der Waals surface area contributed by atoms with Crippen LogP contribution in [0.2, 0.25) is 40.2 Å². The third kappa shape index (κ3) is 13.7. The average molecular weight is 960 g/mol. The minimum atomic E-state index is -1.48. The molecule has 0 spiro atoms. The summed E-state index contributed by atoms with van der Waals surface area (Å²) >= 11 is 48.5. The molecule has 0 N–H and O–H groups in total. The number of ether oxygens (including phenoxy) is 8. The number of hydrogen-bond donors (Lipinski definition) is 0. The molecule has 0 aromatic heterocycles. The van der Waals surface area contributed by atoms with Gasteiger partial charge in [0.15, 0.2) is 32.5 Å². The molecule has 2 atom stereocenters. The van der Waals surface area contributed by atoms with Gasteiger partial charge in [-0.25, -0.2) is 19.2 Å². The van der Waals surface area contributed by atoms with E-state index in [-0.39, 0.29) is 55.9 Å². The number of carbonyl (C=O) groups is 4. The van der Waals surface area contributed by atoms with Crippen molar-refractivity contribution >= 4 is 117 Å². The zero-order valence-corrected chi connectivity index (χ0v) is 35.5. The second-order valence-corrected chi connectivity index (χ2v) is 15.4. The summed E-state index contributed by atoms with van der Waals surface area (Å²) in [5, 5.41) is 1.84. The summed E-state index contributed by atoms with van der Waals surface area (Å²) in [6, 6.07) is 17.4. The van der Waals surface area contributed by atoms with Gasteiger partial charge < -0.3 is 37.9 Å². The lowest BCUT2D eigenvalue weighted by molar-refractivity contribution is -0.205. The third-order valence-corrected chi connectivity index (χ3v) is 9.93. The molecule has 0 amide bonds. The quantitative estimate of drug-likeness (QED) is 0.0779. The van der Waals surface area contributed by atoms with E-state index in [4.69, 9.17) is 131 Å². The molecule has 4 aromatic carbocycles. The Labute approximate surface area is 371 Å². The van der Waals surface area contributed by atoms with Gasteiger partial charge in [-0.15, -0.1) is 0 Å². The Morgan fingerprint density at radius 3 is 0.983 bits per heavy atom. The van der Waals surface area contributed by atoms with Crippen LogP contribution in [0.25, 0.3) is 0 Å². The molecule has 0 aliphatic heterocycles. The number of rotatable bonds is 16. The van der Waals surface area contributed by atoms with Crippen molar-refractivity contribution in [2.24, 2.45) is 0 Å². The number of esters is 4. The molecule has 1 fully saturated rings. The van der Waals surface area contributed by atoms with E-state index >= 15 is 0 Å². The Balaban J connectivity index is 1.36. The minimum Gasteiger partial charge on any atom is -0.480 e. The van der Waals surface area contributed by atoms with Crippen LogP contribution in [0, 0.1) is 0 Å². The van der Waals surface area contributed by atoms with Crippen LogP contribution in [-0.4, -0.2) is 74.7 Å². The van der Waals surface area contributed by atoms with Gasteiger partial charge in [-0.05, 0) is 72.8 Å². The molecule has 5 rings (SSSR count). The van der Waals surface area contributed by atoms with E-state index in [0.29, 0.717) is 20.1 Å². The first-order chi connectivity index (χ1) is 27.6. The minimum absolute atomic E-state index is 0.114. The van der Waals surface area contributed by atoms with Crippen LogP contribution < -0.4 is 18.9 Å². The summed E-state index contributed by atoms with van der Waals surface area (Å²) in [7, 11) is 0. The highest BCUT2D eigenvalue weighted by atomic mass is 35.5. The topological polar surface area (TPSA) is 142 Å². The number of carbonyl (C=O) groups excluding carboxylic acids is 4. The van der Waals surface area contributed by atoms with E-state index in [1.54, 1.807) is 0 Å². The van der Waals surface area contributed by atoms with Gasteiger partial charge in [0.05, 0.1) is 20.1 Å². The van der Waals surface area contributed by atoms with E-state index in [1.165, 1.54) is 72.8 Å². The fourth-order valence-corrected chi connectivity index (χ4v) is 7.18. The lowest BCUT2D eigenvalue weighted by Gasteiger charge is -2.39. The zero-order chi connectivity index (χ0) is 41.9. The molecule has 20 heteroatoms. The summed E-state index contributed by atoms with van der Waals surface area (Å²) in [6.45, 7) is -2.62. The summed E-state index contributed by atoms with van der Waals surface area (Å²) in [5.41, 5.74) is 0. The fraction of sp³-hybridized carbons (Fsp3) is 0.263. The largest absolute Gasteiger partial charge is 0.480 e. The first-order valence-corrected chi connectivity index (χ1v) is 19.7. The van der Waals surface area contributed by atoms with E-state index in [0.717, 1.165) is 0 Å². The van der Waals surface area contributed by atoms with Crippen molar-refractivity contribution in [2.45, 2.75) is 37.3 Å². The van der Waals surface area contributed by atoms with Gasteiger partial charge in [-0.2, -0.15) is 0 Å². The van der Waals surface area contributed by atoms with Gasteiger partial charge in [-0.3, -0.25) is 0 Å². The summed E-state index contributed by atoms with van der Waals surface area (Å²) in [5.74, 6) is -3.25. The Bertz CT molecular complexity index is 2060. The van der Waals surface area contributed by atoms with Gasteiger partial charge in [0.1, 0.15) is 41.3 Å². The van der Waals surface area contributed by atoms with Crippen LogP contribution in [0.4, 0.5) is 0 Å². The lowest BCUT2D eigenvalue weighted by Crippen LogP contribution is -2.53. The third-order valence-electron chi connectivity index (χ3n) is 7.81. The molecular formula is C38H28Cl8O12. The molecule has 1 aliphatic carbocycles. The van der Waals surface area contributed by atoms with Gasteiger partial charge in [0.25, 0.3) is 0 Å². The van der Waals surface area contributed by atoms with Crippen molar-refractivity contribution in [2.75, 3.05) is 26.4 Å². The highest BCUT2D eigenvalue weighted by Crippen LogP contribution is 2.33. The first-order valence-electron chi connectivity index (χ1n) is 16.7. The highest BCUT2D eigenvalue weighted by Gasteiger charge is 2.46. The first kappa shape index (κ1) is 45.4. The smallest absolute Gasteiger partial charge is 0.344 e. The molecule has 0 saturated heterocycles. The Hall–Kier alpha value is -3.72. The maximum absolute atomic E-state index is 13.3. The molecule has 308 valence electrons. The maximum atomic E-state index is 13.3. The number of hydrogen-bond acceptors (Lipinski definition) is 12. The van der Waals surface area contributed by atoms with Gasteiger partial charge >= 0.3 is 23.9 Å². The Kier molecular flexibility index (Phi) is 16.8. The molecular weight excluding hydrogens is 932 g/mol. The summed E-state index contributed by atoms with van der Waals surface area (Å²) in [4.78, 5) is 52.8. The van der Waals surface area contributed by atoms with Crippen LogP contribution in [0.5, 0.6) is 23.0 Å². The van der Waals surface area contributed by atoms with Gasteiger partial charge in [0.2, 0.25) is 0 Å². The van der Waals surface area contributed by atoms with Crippen LogP contribution in [0.15, 0.2) is 72.8 Å². The average Bonchev–Trinajstić information content (AvgIpc) is 3.14. The van der Waals surface area contributed by atoms with Gasteiger partial charge in [-0.1, -0.05) is 92.8 Å². The van der Waals surface area contributed by atoms with Crippen LogP contribution in [0.1, 0.15) is 12.8 Å². The standard InChI is InChI=1S/C38H28Cl8O12/c39-19-1-5-28(24(43)9-19)51-15-34(47)55-23-13-32(56-35(48)16-52-29-6-2-20(40)10-25(29)44)38(58-37(50)18-54-31-8-4-22(42)12-27(31)46)33(14-23)57-36(49)17-53-30-7-3-21(41)11-26(30)45/h1-12,23,32-33,38H,13-18H2. The van der Waals surface area contributed by atoms with Gasteiger partial charge in [0, 0.05) is 32.9 Å². The second kappa shape index (κ2) is 21.5. The molecule has 0 heterocycles. The summed E-state index contributed by atoms with van der Waals surface area (Å²) < 4.78 is 45.0. The lowest BCUT2D eigenvalue weighted by atomic mass is 9.89. The maximum Gasteiger partial charge on any atom is 0.344 e. The monoisotopic (exact) mass is 956 g/mol. The van der Waals surface area contributed by atoms with Crippen LogP contribution in [-0.2, 0) is 38.1 Å². The zero-order valence-electron chi connectivity index (χ0n) is 29.4. The predicted octanol–water partition coefficient (Wildman–Crippen LogP) is 9.97. The Morgan fingerprint density at radius 2 is 0.690 bits per heavy atom. The van der Waals surface area contributed by atoms with E-state index in [1.807, 2.05) is 0 Å². The Morgan fingerprint density at radius 1 is 0.414 bits per heavy atom. The second-order valence-electron chi connectivity index (χ2n) is 12.0. The van der Waals surface area contributed by atoms with Crippen molar-refractivity contribution < 1.29 is 57.1 Å². The number of halogens is 8. The van der Waals surface area contributed by atoms with Crippen LogP contribution >= 0.6 is 92.8 Å². The molecule has 12 nitrogen and oxygen atoms in total. The van der Waals surface area contributed by atoms with E-state index in [2.05, 4.69) is 0 Å². The SMILES string of the molecule is O=C(COc1ccc(Cl)cc1Cl)OC1CC(OC(=O)COc2ccc(Cl)cc2Cl)C(OC(=O)COc2ccc(Cl)cc2Cl)C(OC(=O)COc2ccc(Cl)cc2Cl)C1. The van der Waals surface area contributed by atoms with Crippen molar-refractivity contribution in [1.29, 1.82) is 0 Å². The van der Waals surface area contributed by atoms with Crippen molar-refractivity contribution in [1.82, 2.24) is 0 Å². The van der Waals surface area contributed by atoms with Crippen molar-refractivity contribution in [3.63, 3.8) is 0 Å². The number of benzene rings is 4. The highest BCUT2D eigenvalue weighted by molar-refractivity contribution is 6.37. The van der Waals surface area contributed by atoms with Crippen LogP contribution in [0.3, 0.4) is 0 Å². The molecule has 1 saturated carbocycles. The van der Waals surface area contributed by atoms with E-state index < -0.39 is 74.7 Å². The normalized spacial score (nSPS) is 17.4. The van der Waals surface area contributed by atoms with E-state index in [9.17, 15) is 19.2 Å².